The summed E-state index contributed by atoms with van der Waals surface area (Å²) < 4.78 is 24.6. The van der Waals surface area contributed by atoms with Gasteiger partial charge in [0.1, 0.15) is 5.82 Å². The first kappa shape index (κ1) is 17.9. The van der Waals surface area contributed by atoms with E-state index in [4.69, 9.17) is 21.1 Å². The van der Waals surface area contributed by atoms with Crippen LogP contribution in [0.3, 0.4) is 0 Å². The van der Waals surface area contributed by atoms with Gasteiger partial charge in [-0.15, -0.1) is 0 Å². The van der Waals surface area contributed by atoms with Gasteiger partial charge in [-0.25, -0.2) is 9.97 Å². The minimum absolute atomic E-state index is 0.148. The number of nitrogens with zero attached hydrogens (tertiary/aromatic N) is 3. The lowest BCUT2D eigenvalue weighted by atomic mass is 10.1. The van der Waals surface area contributed by atoms with E-state index in [1.165, 1.54) is 7.11 Å². The number of nitrogens with one attached hydrogen (secondary N) is 1. The molecule has 0 bridgehead atoms. The molecule has 9 heteroatoms. The van der Waals surface area contributed by atoms with Gasteiger partial charge in [-0.1, -0.05) is 12.1 Å². The van der Waals surface area contributed by atoms with Crippen molar-refractivity contribution in [2.75, 3.05) is 7.11 Å². The average Bonchev–Trinajstić information content (AvgIpc) is 2.71. The Morgan fingerprint density at radius 1 is 1.11 bits per heavy atom. The molecule has 0 unspecified atom stereocenters. The molecule has 0 fully saturated rings. The van der Waals surface area contributed by atoms with Gasteiger partial charge >= 0.3 is 0 Å². The standard InChI is InChI=1S/C19H12ClFN4O3/c1-27-15-8-10(16-23-13-5-3-2-4-11(13)17(26)24-16)6-7-14(15)28-18-12(21)9-22-19(20)25-18/h2-9H,1H3,(H,23,24,26). The number of rotatable bonds is 4. The predicted molar refractivity (Wildman–Crippen MR) is 101 cm³/mol. The third-order valence-corrected chi connectivity index (χ3v) is 4.12. The third-order valence-electron chi connectivity index (χ3n) is 3.94. The first-order valence-corrected chi connectivity index (χ1v) is 8.46. The highest BCUT2D eigenvalue weighted by molar-refractivity contribution is 6.28. The summed E-state index contributed by atoms with van der Waals surface area (Å²) in [6.07, 6.45) is 0.912. The van der Waals surface area contributed by atoms with Crippen LogP contribution in [0.15, 0.2) is 53.5 Å². The first-order chi connectivity index (χ1) is 13.5. The van der Waals surface area contributed by atoms with Crippen molar-refractivity contribution >= 4 is 22.5 Å². The molecule has 0 aliphatic rings. The second-order valence-electron chi connectivity index (χ2n) is 5.69. The van der Waals surface area contributed by atoms with Gasteiger partial charge < -0.3 is 14.5 Å². The van der Waals surface area contributed by atoms with Crippen molar-refractivity contribution in [3.05, 3.63) is 70.1 Å². The molecule has 28 heavy (non-hydrogen) atoms. The first-order valence-electron chi connectivity index (χ1n) is 8.08. The van der Waals surface area contributed by atoms with E-state index < -0.39 is 5.82 Å². The summed E-state index contributed by atoms with van der Waals surface area (Å²) in [5.74, 6) is -0.227. The maximum atomic E-state index is 13.8. The van der Waals surface area contributed by atoms with Crippen LogP contribution in [-0.2, 0) is 0 Å². The lowest BCUT2D eigenvalue weighted by Gasteiger charge is -2.12. The van der Waals surface area contributed by atoms with E-state index >= 15 is 0 Å². The van der Waals surface area contributed by atoms with Crippen molar-refractivity contribution in [3.63, 3.8) is 0 Å². The highest BCUT2D eigenvalue weighted by atomic mass is 35.5. The zero-order valence-electron chi connectivity index (χ0n) is 14.4. The molecule has 7 nitrogen and oxygen atoms in total. The molecule has 2 aromatic heterocycles. The Hall–Kier alpha value is -3.52. The van der Waals surface area contributed by atoms with Crippen molar-refractivity contribution in [3.8, 4) is 28.8 Å². The molecule has 0 spiro atoms. The molecule has 0 saturated carbocycles. The van der Waals surface area contributed by atoms with E-state index in [1.807, 2.05) is 0 Å². The van der Waals surface area contributed by atoms with Crippen LogP contribution in [0, 0.1) is 5.82 Å². The lowest BCUT2D eigenvalue weighted by Crippen LogP contribution is -2.09. The van der Waals surface area contributed by atoms with Crippen molar-refractivity contribution < 1.29 is 13.9 Å². The molecule has 0 saturated heterocycles. The zero-order valence-corrected chi connectivity index (χ0v) is 15.2. The molecule has 0 radical (unpaired) electrons. The van der Waals surface area contributed by atoms with Crippen molar-refractivity contribution in [2.45, 2.75) is 0 Å². The number of H-pyrrole nitrogens is 1. The molecule has 4 aromatic rings. The number of benzene rings is 2. The largest absolute Gasteiger partial charge is 0.493 e. The van der Waals surface area contributed by atoms with Gasteiger partial charge in [0, 0.05) is 5.56 Å². The second-order valence-corrected chi connectivity index (χ2v) is 6.03. The number of halogens is 2. The monoisotopic (exact) mass is 398 g/mol. The number of methoxy groups -OCH3 is 1. The molecule has 2 aromatic carbocycles. The molecular weight excluding hydrogens is 387 g/mol. The fourth-order valence-corrected chi connectivity index (χ4v) is 2.75. The maximum Gasteiger partial charge on any atom is 0.260 e. The van der Waals surface area contributed by atoms with Crippen LogP contribution in [0.2, 0.25) is 5.28 Å². The van der Waals surface area contributed by atoms with Gasteiger partial charge in [0.05, 0.1) is 24.2 Å². The van der Waals surface area contributed by atoms with Crippen LogP contribution in [0.25, 0.3) is 22.3 Å². The number of aromatic nitrogens is 4. The molecule has 1 N–H and O–H groups in total. The molecule has 0 aliphatic carbocycles. The summed E-state index contributed by atoms with van der Waals surface area (Å²) in [5, 5.41) is 0.346. The summed E-state index contributed by atoms with van der Waals surface area (Å²) in [6, 6.07) is 11.9. The van der Waals surface area contributed by atoms with E-state index in [9.17, 15) is 9.18 Å². The number of ether oxygens (including phenoxy) is 2. The predicted octanol–water partition coefficient (Wildman–Crippen LogP) is 3.97. The van der Waals surface area contributed by atoms with E-state index in [1.54, 1.807) is 42.5 Å². The van der Waals surface area contributed by atoms with Gasteiger partial charge in [-0.05, 0) is 41.9 Å². The fourth-order valence-electron chi connectivity index (χ4n) is 2.63. The van der Waals surface area contributed by atoms with E-state index in [-0.39, 0.29) is 22.5 Å². The summed E-state index contributed by atoms with van der Waals surface area (Å²) in [5.41, 5.74) is 0.907. The van der Waals surface area contributed by atoms with E-state index in [0.717, 1.165) is 6.20 Å². The second kappa shape index (κ2) is 7.24. The van der Waals surface area contributed by atoms with E-state index in [2.05, 4.69) is 19.9 Å². The SMILES string of the molecule is COc1cc(-c2nc3ccccc3c(=O)[nH]2)ccc1Oc1nc(Cl)ncc1F. The van der Waals surface area contributed by atoms with Gasteiger partial charge in [-0.2, -0.15) is 9.37 Å². The number of hydrogen-bond acceptors (Lipinski definition) is 6. The number of aromatic amines is 1. The topological polar surface area (TPSA) is 90.0 Å². The summed E-state index contributed by atoms with van der Waals surface area (Å²) >= 11 is 5.68. The molecule has 4 rings (SSSR count). The Balaban J connectivity index is 1.75. The smallest absolute Gasteiger partial charge is 0.260 e. The van der Waals surface area contributed by atoms with Crippen LogP contribution in [-0.4, -0.2) is 27.0 Å². The lowest BCUT2D eigenvalue weighted by molar-refractivity contribution is 0.363. The van der Waals surface area contributed by atoms with Crippen LogP contribution in [0.1, 0.15) is 0 Å². The quantitative estimate of drug-likeness (QED) is 0.523. The van der Waals surface area contributed by atoms with Gasteiger partial charge in [0.2, 0.25) is 11.1 Å². The molecule has 0 atom stereocenters. The summed E-state index contributed by atoms with van der Waals surface area (Å²) in [7, 11) is 1.44. The highest BCUT2D eigenvalue weighted by Gasteiger charge is 2.14. The van der Waals surface area contributed by atoms with E-state index in [0.29, 0.717) is 28.0 Å². The van der Waals surface area contributed by atoms with Crippen LogP contribution >= 0.6 is 11.6 Å². The Labute approximate surface area is 162 Å². The van der Waals surface area contributed by atoms with Crippen LogP contribution in [0.5, 0.6) is 17.4 Å². The minimum Gasteiger partial charge on any atom is -0.493 e. The Bertz CT molecular complexity index is 1250. The highest BCUT2D eigenvalue weighted by Crippen LogP contribution is 2.35. The maximum absolute atomic E-state index is 13.8. The normalized spacial score (nSPS) is 10.8. The molecule has 140 valence electrons. The third kappa shape index (κ3) is 3.37. The minimum atomic E-state index is -0.768. The molecule has 0 amide bonds. The Kier molecular flexibility index (Phi) is 4.62. The van der Waals surface area contributed by atoms with Crippen molar-refractivity contribution in [2.24, 2.45) is 0 Å². The number of fused-ring (bicyclic) bond motifs is 1. The van der Waals surface area contributed by atoms with Crippen LogP contribution in [0.4, 0.5) is 4.39 Å². The van der Waals surface area contributed by atoms with Gasteiger partial charge in [0.15, 0.2) is 11.5 Å². The number of para-hydroxylation sites is 1. The number of hydrogen-bond donors (Lipinski definition) is 1. The Morgan fingerprint density at radius 3 is 2.75 bits per heavy atom. The molecule has 2 heterocycles. The summed E-state index contributed by atoms with van der Waals surface area (Å²) in [4.78, 5) is 26.7. The van der Waals surface area contributed by atoms with Crippen molar-refractivity contribution in [1.82, 2.24) is 19.9 Å². The molecular formula is C19H12ClFN4O3. The fraction of sp³-hybridized carbons (Fsp3) is 0.0526. The van der Waals surface area contributed by atoms with Crippen LogP contribution < -0.4 is 15.0 Å². The van der Waals surface area contributed by atoms with Gasteiger partial charge in [-0.3, -0.25) is 4.79 Å². The Morgan fingerprint density at radius 2 is 1.93 bits per heavy atom. The zero-order chi connectivity index (χ0) is 19.7. The molecule has 0 aliphatic heterocycles. The van der Waals surface area contributed by atoms with Crippen molar-refractivity contribution in [1.29, 1.82) is 0 Å². The summed E-state index contributed by atoms with van der Waals surface area (Å²) in [6.45, 7) is 0. The van der Waals surface area contributed by atoms with Gasteiger partial charge in [0.25, 0.3) is 11.4 Å². The average molecular weight is 399 g/mol.